The molecule has 104 valence electrons. The van der Waals surface area contributed by atoms with E-state index >= 15 is 0 Å². The Hall–Kier alpha value is -0.780. The SMILES string of the molecule is C=CC(=C)CC/C=C(/C)CCCCCCCCC. The van der Waals surface area contributed by atoms with Gasteiger partial charge >= 0.3 is 0 Å². The summed E-state index contributed by atoms with van der Waals surface area (Å²) in [7, 11) is 0. The molecule has 0 heteroatoms. The molecule has 0 aliphatic rings. The van der Waals surface area contributed by atoms with Gasteiger partial charge < -0.3 is 0 Å². The lowest BCUT2D eigenvalue weighted by Gasteiger charge is -2.03. The Labute approximate surface area is 115 Å². The Balaban J connectivity index is 3.40. The van der Waals surface area contributed by atoms with Crippen molar-refractivity contribution in [2.45, 2.75) is 78.1 Å². The molecule has 0 aliphatic carbocycles. The number of hydrogen-bond acceptors (Lipinski definition) is 0. The summed E-state index contributed by atoms with van der Waals surface area (Å²) in [4.78, 5) is 0. The second-order valence-corrected chi connectivity index (χ2v) is 5.32. The van der Waals surface area contributed by atoms with Crippen molar-refractivity contribution < 1.29 is 0 Å². The van der Waals surface area contributed by atoms with Crippen LogP contribution in [0.3, 0.4) is 0 Å². The molecule has 18 heavy (non-hydrogen) atoms. The predicted octanol–water partition coefficient (Wildman–Crippen LogP) is 6.60. The van der Waals surface area contributed by atoms with Crippen molar-refractivity contribution in [1.29, 1.82) is 0 Å². The number of rotatable bonds is 12. The standard InChI is InChI=1S/C18H32/c1-5-7-8-9-10-11-12-14-18(4)16-13-15-17(3)6-2/h6,16H,2-3,5,7-15H2,1,4H3/b18-16-. The highest BCUT2D eigenvalue weighted by Crippen LogP contribution is 2.13. The van der Waals surface area contributed by atoms with Crippen LogP contribution in [0.4, 0.5) is 0 Å². The molecule has 0 atom stereocenters. The number of unbranched alkanes of at least 4 members (excludes halogenated alkanes) is 6. The van der Waals surface area contributed by atoms with Crippen LogP contribution in [0.5, 0.6) is 0 Å². The zero-order chi connectivity index (χ0) is 13.6. The summed E-state index contributed by atoms with van der Waals surface area (Å²) in [5.74, 6) is 0. The van der Waals surface area contributed by atoms with Gasteiger partial charge in [-0.2, -0.15) is 0 Å². The minimum Gasteiger partial charge on any atom is -0.0988 e. The molecule has 0 spiro atoms. The molecule has 0 saturated heterocycles. The number of hydrogen-bond donors (Lipinski definition) is 0. The molecule has 0 nitrogen and oxygen atoms in total. The molecule has 0 radical (unpaired) electrons. The normalized spacial score (nSPS) is 11.6. The van der Waals surface area contributed by atoms with E-state index in [-0.39, 0.29) is 0 Å². The van der Waals surface area contributed by atoms with Crippen molar-refractivity contribution in [2.75, 3.05) is 0 Å². The maximum absolute atomic E-state index is 3.93. The lowest BCUT2D eigenvalue weighted by Crippen LogP contribution is -1.83. The fraction of sp³-hybridized carbons (Fsp3) is 0.667. The van der Waals surface area contributed by atoms with Gasteiger partial charge in [0.2, 0.25) is 0 Å². The molecule has 0 rings (SSSR count). The molecule has 0 amide bonds. The van der Waals surface area contributed by atoms with Crippen LogP contribution in [0.15, 0.2) is 36.5 Å². The first-order valence-electron chi connectivity index (χ1n) is 7.66. The highest BCUT2D eigenvalue weighted by atomic mass is 14.0. The molecule has 0 unspecified atom stereocenters. The van der Waals surface area contributed by atoms with E-state index in [1.54, 1.807) is 5.57 Å². The lowest BCUT2D eigenvalue weighted by atomic mass is 10.0. The van der Waals surface area contributed by atoms with Crippen LogP contribution < -0.4 is 0 Å². The molecule has 0 saturated carbocycles. The summed E-state index contributed by atoms with van der Waals surface area (Å²) < 4.78 is 0. The zero-order valence-corrected chi connectivity index (χ0v) is 12.6. The quantitative estimate of drug-likeness (QED) is 0.207. The Bertz CT molecular complexity index is 245. The van der Waals surface area contributed by atoms with E-state index in [4.69, 9.17) is 0 Å². The van der Waals surface area contributed by atoms with Crippen molar-refractivity contribution in [2.24, 2.45) is 0 Å². The summed E-state index contributed by atoms with van der Waals surface area (Å²) >= 11 is 0. The average molecular weight is 248 g/mol. The molecule has 0 aromatic carbocycles. The van der Waals surface area contributed by atoms with Gasteiger partial charge in [-0.05, 0) is 32.6 Å². The minimum absolute atomic E-state index is 1.05. The third-order valence-electron chi connectivity index (χ3n) is 3.42. The van der Waals surface area contributed by atoms with Gasteiger partial charge in [-0.25, -0.2) is 0 Å². The van der Waals surface area contributed by atoms with E-state index in [2.05, 4.69) is 33.1 Å². The van der Waals surface area contributed by atoms with E-state index in [9.17, 15) is 0 Å². The van der Waals surface area contributed by atoms with Gasteiger partial charge in [-0.1, -0.05) is 81.9 Å². The lowest BCUT2D eigenvalue weighted by molar-refractivity contribution is 0.588. The van der Waals surface area contributed by atoms with Crippen LogP contribution in [0, 0.1) is 0 Å². The second kappa shape index (κ2) is 12.7. The predicted molar refractivity (Wildman–Crippen MR) is 84.9 cm³/mol. The van der Waals surface area contributed by atoms with Crippen LogP contribution >= 0.6 is 0 Å². The molecule has 0 fully saturated rings. The largest absolute Gasteiger partial charge is 0.0988 e. The van der Waals surface area contributed by atoms with E-state index in [0.29, 0.717) is 0 Å². The summed E-state index contributed by atoms with van der Waals surface area (Å²) in [6, 6.07) is 0. The number of allylic oxidation sites excluding steroid dienone is 4. The Kier molecular flexibility index (Phi) is 12.1. The monoisotopic (exact) mass is 248 g/mol. The first-order valence-corrected chi connectivity index (χ1v) is 7.66. The van der Waals surface area contributed by atoms with Crippen molar-refractivity contribution in [3.05, 3.63) is 36.5 Å². The van der Waals surface area contributed by atoms with Gasteiger partial charge in [0, 0.05) is 0 Å². The average Bonchev–Trinajstić information content (AvgIpc) is 2.37. The summed E-state index contributed by atoms with van der Waals surface area (Å²) in [6.45, 7) is 12.2. The molecular weight excluding hydrogens is 216 g/mol. The molecule has 0 heterocycles. The maximum atomic E-state index is 3.93. The van der Waals surface area contributed by atoms with Gasteiger partial charge in [-0.3, -0.25) is 0 Å². The Morgan fingerprint density at radius 1 is 0.944 bits per heavy atom. The Morgan fingerprint density at radius 3 is 2.17 bits per heavy atom. The summed E-state index contributed by atoms with van der Waals surface area (Å²) in [5, 5.41) is 0. The van der Waals surface area contributed by atoms with Gasteiger partial charge in [0.25, 0.3) is 0 Å². The molecule has 0 aromatic rings. The molecule has 0 aromatic heterocycles. The van der Waals surface area contributed by atoms with E-state index in [1.165, 1.54) is 51.4 Å². The molecule has 0 aliphatic heterocycles. The van der Waals surface area contributed by atoms with Gasteiger partial charge in [0.1, 0.15) is 0 Å². The van der Waals surface area contributed by atoms with E-state index in [0.717, 1.165) is 18.4 Å². The van der Waals surface area contributed by atoms with Gasteiger partial charge in [0.15, 0.2) is 0 Å². The van der Waals surface area contributed by atoms with Crippen molar-refractivity contribution >= 4 is 0 Å². The van der Waals surface area contributed by atoms with Crippen LogP contribution in [0.2, 0.25) is 0 Å². The maximum Gasteiger partial charge on any atom is -0.0250 e. The fourth-order valence-corrected chi connectivity index (χ4v) is 2.07. The smallest absolute Gasteiger partial charge is 0.0250 e. The van der Waals surface area contributed by atoms with E-state index < -0.39 is 0 Å². The van der Waals surface area contributed by atoms with Crippen LogP contribution in [-0.2, 0) is 0 Å². The van der Waals surface area contributed by atoms with Crippen LogP contribution in [0.25, 0.3) is 0 Å². The summed E-state index contributed by atoms with van der Waals surface area (Å²) in [5.41, 5.74) is 2.69. The second-order valence-electron chi connectivity index (χ2n) is 5.32. The van der Waals surface area contributed by atoms with Gasteiger partial charge in [-0.15, -0.1) is 0 Å². The van der Waals surface area contributed by atoms with Crippen molar-refractivity contribution in [3.63, 3.8) is 0 Å². The highest BCUT2D eigenvalue weighted by Gasteiger charge is 1.93. The first kappa shape index (κ1) is 17.2. The first-order chi connectivity index (χ1) is 8.70. The van der Waals surface area contributed by atoms with Crippen molar-refractivity contribution in [3.8, 4) is 0 Å². The Morgan fingerprint density at radius 2 is 1.56 bits per heavy atom. The van der Waals surface area contributed by atoms with Crippen LogP contribution in [-0.4, -0.2) is 0 Å². The van der Waals surface area contributed by atoms with E-state index in [1.807, 2.05) is 6.08 Å². The fourth-order valence-electron chi connectivity index (χ4n) is 2.07. The summed E-state index contributed by atoms with van der Waals surface area (Å²) in [6.07, 6.45) is 17.4. The van der Waals surface area contributed by atoms with Crippen molar-refractivity contribution in [1.82, 2.24) is 0 Å². The third kappa shape index (κ3) is 11.7. The minimum atomic E-state index is 1.05. The topological polar surface area (TPSA) is 0 Å². The highest BCUT2D eigenvalue weighted by molar-refractivity contribution is 5.12. The molecule has 0 N–H and O–H groups in total. The third-order valence-corrected chi connectivity index (χ3v) is 3.42. The molecule has 0 bridgehead atoms. The van der Waals surface area contributed by atoms with Crippen LogP contribution in [0.1, 0.15) is 78.1 Å². The van der Waals surface area contributed by atoms with Gasteiger partial charge in [0.05, 0.1) is 0 Å². The molecular formula is C18H32. The zero-order valence-electron chi connectivity index (χ0n) is 12.6.